The number of nitrogens with zero attached hydrogens (tertiary/aromatic N) is 2. The Morgan fingerprint density at radius 3 is 2.62 bits per heavy atom. The van der Waals surface area contributed by atoms with E-state index < -0.39 is 17.9 Å². The first kappa shape index (κ1) is 15.9. The summed E-state index contributed by atoms with van der Waals surface area (Å²) in [6.45, 7) is 1.03. The summed E-state index contributed by atoms with van der Waals surface area (Å²) in [5.74, 6) is 0.0129. The number of urea groups is 1. The largest absolute Gasteiger partial charge is 0.481 e. The zero-order chi connectivity index (χ0) is 15.4. The Labute approximate surface area is 127 Å². The van der Waals surface area contributed by atoms with Gasteiger partial charge in [0.05, 0.1) is 12.5 Å². The first-order valence-electron chi connectivity index (χ1n) is 7.17. The van der Waals surface area contributed by atoms with Crippen molar-refractivity contribution in [1.82, 2.24) is 9.80 Å². The molecular formula is C13H21N3O4S. The minimum absolute atomic E-state index is 0.0617. The average Bonchev–Trinajstić information content (AvgIpc) is 2.46. The molecule has 3 N–H and O–H groups in total. The predicted molar refractivity (Wildman–Crippen MR) is 79.0 cm³/mol. The number of primary amides is 1. The molecule has 0 saturated carbocycles. The van der Waals surface area contributed by atoms with Crippen molar-refractivity contribution in [2.24, 2.45) is 5.73 Å². The molecule has 2 heterocycles. The van der Waals surface area contributed by atoms with Crippen LogP contribution in [0.5, 0.6) is 0 Å². The fraction of sp³-hybridized carbons (Fsp3) is 0.769. The molecular weight excluding hydrogens is 294 g/mol. The van der Waals surface area contributed by atoms with Crippen LogP contribution in [0.4, 0.5) is 4.79 Å². The van der Waals surface area contributed by atoms with Gasteiger partial charge in [-0.25, -0.2) is 4.79 Å². The molecule has 118 valence electrons. The van der Waals surface area contributed by atoms with Gasteiger partial charge < -0.3 is 20.6 Å². The van der Waals surface area contributed by atoms with Crippen LogP contribution in [0.3, 0.4) is 0 Å². The number of thioether (sulfide) groups is 1. The van der Waals surface area contributed by atoms with Crippen molar-refractivity contribution < 1.29 is 19.5 Å². The number of aliphatic carboxylic acids is 1. The van der Waals surface area contributed by atoms with Crippen molar-refractivity contribution >= 4 is 29.7 Å². The molecule has 2 aliphatic heterocycles. The van der Waals surface area contributed by atoms with Gasteiger partial charge in [0.2, 0.25) is 5.91 Å². The van der Waals surface area contributed by atoms with Gasteiger partial charge in [0.1, 0.15) is 6.04 Å². The molecule has 2 unspecified atom stereocenters. The standard InChI is InChI=1S/C13H21N3O4S/c14-12(19)10-3-1-2-4-16(10)13(20)15-5-6-21-8-9(15)7-11(17)18/h9-10H,1-8H2,(H2,14,19)(H,17,18). The lowest BCUT2D eigenvalue weighted by molar-refractivity contribution is -0.138. The second kappa shape index (κ2) is 7.02. The number of likely N-dealkylation sites (tertiary alicyclic amines) is 1. The normalized spacial score (nSPS) is 26.5. The van der Waals surface area contributed by atoms with Gasteiger partial charge in [-0.3, -0.25) is 9.59 Å². The van der Waals surface area contributed by atoms with Crippen molar-refractivity contribution in [2.45, 2.75) is 37.8 Å². The second-order valence-electron chi connectivity index (χ2n) is 5.41. The van der Waals surface area contributed by atoms with E-state index >= 15 is 0 Å². The predicted octanol–water partition coefficient (Wildman–Crippen LogP) is 0.338. The van der Waals surface area contributed by atoms with E-state index in [2.05, 4.69) is 0 Å². The third-order valence-corrected chi connectivity index (χ3v) is 5.05. The molecule has 2 atom stereocenters. The number of amides is 3. The third-order valence-electron chi connectivity index (χ3n) is 3.96. The number of carbonyl (C=O) groups excluding carboxylic acids is 2. The quantitative estimate of drug-likeness (QED) is 0.781. The Balaban J connectivity index is 2.11. The smallest absolute Gasteiger partial charge is 0.321 e. The van der Waals surface area contributed by atoms with E-state index in [4.69, 9.17) is 10.8 Å². The molecule has 2 saturated heterocycles. The maximum atomic E-state index is 12.7. The van der Waals surface area contributed by atoms with Gasteiger partial charge in [0.25, 0.3) is 0 Å². The van der Waals surface area contributed by atoms with Crippen LogP contribution in [0.15, 0.2) is 0 Å². The summed E-state index contributed by atoms with van der Waals surface area (Å²) in [7, 11) is 0. The molecule has 8 heteroatoms. The molecule has 0 aromatic heterocycles. The molecule has 2 aliphatic rings. The SMILES string of the molecule is NC(=O)C1CCCCN1C(=O)N1CCSCC1CC(=O)O. The highest BCUT2D eigenvalue weighted by atomic mass is 32.2. The van der Waals surface area contributed by atoms with E-state index in [0.29, 0.717) is 25.3 Å². The number of carboxylic acids is 1. The Hall–Kier alpha value is -1.44. The summed E-state index contributed by atoms with van der Waals surface area (Å²) < 4.78 is 0. The van der Waals surface area contributed by atoms with E-state index in [-0.39, 0.29) is 18.5 Å². The molecule has 2 fully saturated rings. The number of carboxylic acid groups (broad SMARTS) is 1. The third kappa shape index (κ3) is 3.81. The minimum Gasteiger partial charge on any atom is -0.481 e. The molecule has 0 aliphatic carbocycles. The molecule has 2 rings (SSSR count). The van der Waals surface area contributed by atoms with Crippen LogP contribution >= 0.6 is 11.8 Å². The fourth-order valence-electron chi connectivity index (χ4n) is 2.90. The molecule has 0 aromatic rings. The first-order chi connectivity index (χ1) is 10.0. The van der Waals surface area contributed by atoms with Crippen molar-refractivity contribution in [3.8, 4) is 0 Å². The lowest BCUT2D eigenvalue weighted by Crippen LogP contribution is -2.58. The summed E-state index contributed by atoms with van der Waals surface area (Å²) >= 11 is 1.65. The Kier molecular flexibility index (Phi) is 5.33. The summed E-state index contributed by atoms with van der Waals surface area (Å²) in [6.07, 6.45) is 2.26. The van der Waals surface area contributed by atoms with Crippen molar-refractivity contribution in [3.05, 3.63) is 0 Å². The number of hydrogen-bond acceptors (Lipinski definition) is 4. The van der Waals surface area contributed by atoms with Crippen molar-refractivity contribution in [2.75, 3.05) is 24.6 Å². The molecule has 0 radical (unpaired) electrons. The van der Waals surface area contributed by atoms with Gasteiger partial charge in [-0.2, -0.15) is 11.8 Å². The van der Waals surface area contributed by atoms with Crippen LogP contribution in [0.1, 0.15) is 25.7 Å². The Morgan fingerprint density at radius 2 is 1.95 bits per heavy atom. The lowest BCUT2D eigenvalue weighted by atomic mass is 10.0. The van der Waals surface area contributed by atoms with Gasteiger partial charge in [-0.1, -0.05) is 0 Å². The van der Waals surface area contributed by atoms with E-state index in [1.54, 1.807) is 16.7 Å². The number of piperidine rings is 1. The maximum Gasteiger partial charge on any atom is 0.321 e. The summed E-state index contributed by atoms with van der Waals surface area (Å²) in [5, 5.41) is 8.98. The molecule has 21 heavy (non-hydrogen) atoms. The highest BCUT2D eigenvalue weighted by Crippen LogP contribution is 2.24. The molecule has 0 spiro atoms. The molecule has 7 nitrogen and oxygen atoms in total. The minimum atomic E-state index is -0.912. The average molecular weight is 315 g/mol. The number of nitrogens with two attached hydrogens (primary N) is 1. The van der Waals surface area contributed by atoms with Gasteiger partial charge in [0, 0.05) is 24.6 Å². The number of rotatable bonds is 3. The monoisotopic (exact) mass is 315 g/mol. The summed E-state index contributed by atoms with van der Waals surface area (Å²) in [5.41, 5.74) is 5.39. The lowest BCUT2D eigenvalue weighted by Gasteiger charge is -2.41. The van der Waals surface area contributed by atoms with Crippen LogP contribution in [0.25, 0.3) is 0 Å². The van der Waals surface area contributed by atoms with E-state index in [9.17, 15) is 14.4 Å². The highest BCUT2D eigenvalue weighted by Gasteiger charge is 2.37. The van der Waals surface area contributed by atoms with Crippen LogP contribution < -0.4 is 5.73 Å². The summed E-state index contributed by atoms with van der Waals surface area (Å²) in [4.78, 5) is 38.3. The fourth-order valence-corrected chi connectivity index (χ4v) is 3.96. The van der Waals surface area contributed by atoms with Crippen LogP contribution in [-0.4, -0.2) is 69.5 Å². The number of hydrogen-bond donors (Lipinski definition) is 2. The zero-order valence-corrected chi connectivity index (χ0v) is 12.7. The summed E-state index contributed by atoms with van der Waals surface area (Å²) in [6, 6.07) is -1.12. The van der Waals surface area contributed by atoms with Crippen molar-refractivity contribution in [3.63, 3.8) is 0 Å². The Morgan fingerprint density at radius 1 is 1.19 bits per heavy atom. The zero-order valence-electron chi connectivity index (χ0n) is 11.9. The van der Waals surface area contributed by atoms with E-state index in [1.807, 2.05) is 0 Å². The van der Waals surface area contributed by atoms with Gasteiger partial charge in [-0.15, -0.1) is 0 Å². The van der Waals surface area contributed by atoms with Crippen LogP contribution in [0, 0.1) is 0 Å². The molecule has 0 bridgehead atoms. The van der Waals surface area contributed by atoms with Crippen molar-refractivity contribution in [1.29, 1.82) is 0 Å². The van der Waals surface area contributed by atoms with Crippen LogP contribution in [0.2, 0.25) is 0 Å². The maximum absolute atomic E-state index is 12.7. The second-order valence-corrected chi connectivity index (χ2v) is 6.56. The van der Waals surface area contributed by atoms with E-state index in [0.717, 1.165) is 18.6 Å². The topological polar surface area (TPSA) is 104 Å². The van der Waals surface area contributed by atoms with Crippen LogP contribution in [-0.2, 0) is 9.59 Å². The molecule has 3 amide bonds. The van der Waals surface area contributed by atoms with Gasteiger partial charge in [0.15, 0.2) is 0 Å². The van der Waals surface area contributed by atoms with Gasteiger partial charge in [-0.05, 0) is 19.3 Å². The van der Waals surface area contributed by atoms with E-state index in [1.165, 1.54) is 4.90 Å². The highest BCUT2D eigenvalue weighted by molar-refractivity contribution is 7.99. The first-order valence-corrected chi connectivity index (χ1v) is 8.32. The van der Waals surface area contributed by atoms with Gasteiger partial charge >= 0.3 is 12.0 Å². The molecule has 0 aromatic carbocycles. The number of carbonyl (C=O) groups is 3. The Bertz CT molecular complexity index is 432.